The maximum absolute atomic E-state index is 11.0. The third kappa shape index (κ3) is 2.10. The number of aryl methyl sites for hydroxylation is 1. The SMILES string of the molecule is C[C@H]1CN(C)CCN1c1c([N+](=O)[O-])cnn1C. The molecule has 2 heterocycles. The fourth-order valence-electron chi connectivity index (χ4n) is 2.34. The Morgan fingerprint density at radius 1 is 1.47 bits per heavy atom. The third-order valence-electron chi connectivity index (χ3n) is 3.19. The van der Waals surface area contributed by atoms with Gasteiger partial charge in [0, 0.05) is 32.7 Å². The van der Waals surface area contributed by atoms with Crippen molar-refractivity contribution in [1.29, 1.82) is 0 Å². The van der Waals surface area contributed by atoms with E-state index in [4.69, 9.17) is 0 Å². The van der Waals surface area contributed by atoms with Crippen LogP contribution < -0.4 is 4.90 Å². The first-order valence-electron chi connectivity index (χ1n) is 5.62. The highest BCUT2D eigenvalue weighted by molar-refractivity contribution is 5.58. The summed E-state index contributed by atoms with van der Waals surface area (Å²) in [4.78, 5) is 14.9. The average Bonchev–Trinajstić information content (AvgIpc) is 2.60. The van der Waals surface area contributed by atoms with E-state index < -0.39 is 0 Å². The molecular weight excluding hydrogens is 222 g/mol. The molecule has 0 amide bonds. The topological polar surface area (TPSA) is 67.4 Å². The molecule has 94 valence electrons. The minimum atomic E-state index is -0.368. The van der Waals surface area contributed by atoms with Crippen LogP contribution in [0.1, 0.15) is 6.92 Å². The molecule has 0 aliphatic carbocycles. The minimum Gasteiger partial charge on any atom is -0.346 e. The second-order valence-electron chi connectivity index (χ2n) is 4.54. The van der Waals surface area contributed by atoms with Crippen LogP contribution in [0.25, 0.3) is 0 Å². The second-order valence-corrected chi connectivity index (χ2v) is 4.54. The van der Waals surface area contributed by atoms with Crippen LogP contribution in [0.4, 0.5) is 11.5 Å². The number of rotatable bonds is 2. The maximum atomic E-state index is 11.0. The van der Waals surface area contributed by atoms with Gasteiger partial charge in [-0.15, -0.1) is 0 Å². The molecular formula is C10H17N5O2. The zero-order valence-corrected chi connectivity index (χ0v) is 10.3. The maximum Gasteiger partial charge on any atom is 0.331 e. The smallest absolute Gasteiger partial charge is 0.331 e. The molecule has 0 N–H and O–H groups in total. The summed E-state index contributed by atoms with van der Waals surface area (Å²) in [5.41, 5.74) is 0.0869. The van der Waals surface area contributed by atoms with Gasteiger partial charge in [-0.1, -0.05) is 0 Å². The van der Waals surface area contributed by atoms with Crippen LogP contribution in [0.3, 0.4) is 0 Å². The van der Waals surface area contributed by atoms with Crippen molar-refractivity contribution in [2.24, 2.45) is 7.05 Å². The van der Waals surface area contributed by atoms with Gasteiger partial charge in [0.05, 0.1) is 4.92 Å². The molecule has 0 spiro atoms. The van der Waals surface area contributed by atoms with E-state index >= 15 is 0 Å². The van der Waals surface area contributed by atoms with Gasteiger partial charge in [-0.05, 0) is 14.0 Å². The van der Waals surface area contributed by atoms with Crippen molar-refractivity contribution in [1.82, 2.24) is 14.7 Å². The van der Waals surface area contributed by atoms with E-state index in [9.17, 15) is 10.1 Å². The van der Waals surface area contributed by atoms with Gasteiger partial charge in [-0.25, -0.2) is 4.68 Å². The second kappa shape index (κ2) is 4.33. The molecule has 1 aliphatic rings. The van der Waals surface area contributed by atoms with Gasteiger partial charge in [0.2, 0.25) is 5.82 Å². The van der Waals surface area contributed by atoms with E-state index in [-0.39, 0.29) is 16.7 Å². The number of hydrogen-bond acceptors (Lipinski definition) is 5. The Labute approximate surface area is 99.8 Å². The monoisotopic (exact) mass is 239 g/mol. The van der Waals surface area contributed by atoms with Gasteiger partial charge in [0.25, 0.3) is 0 Å². The van der Waals surface area contributed by atoms with Gasteiger partial charge >= 0.3 is 5.69 Å². The fourth-order valence-corrected chi connectivity index (χ4v) is 2.34. The van der Waals surface area contributed by atoms with Crippen LogP contribution in [0.15, 0.2) is 6.20 Å². The van der Waals surface area contributed by atoms with Crippen LogP contribution in [0.5, 0.6) is 0 Å². The summed E-state index contributed by atoms with van der Waals surface area (Å²) in [6.45, 7) is 4.68. The predicted octanol–water partition coefficient (Wildman–Crippen LogP) is 0.469. The largest absolute Gasteiger partial charge is 0.346 e. The predicted molar refractivity (Wildman–Crippen MR) is 64.2 cm³/mol. The van der Waals surface area contributed by atoms with Crippen molar-refractivity contribution in [3.8, 4) is 0 Å². The Bertz CT molecular complexity index is 430. The molecule has 0 bridgehead atoms. The van der Waals surface area contributed by atoms with E-state index in [1.165, 1.54) is 6.20 Å². The zero-order valence-electron chi connectivity index (χ0n) is 10.3. The summed E-state index contributed by atoms with van der Waals surface area (Å²) in [5, 5.41) is 15.0. The summed E-state index contributed by atoms with van der Waals surface area (Å²) >= 11 is 0. The molecule has 2 rings (SSSR count). The average molecular weight is 239 g/mol. The molecule has 0 saturated carbocycles. The highest BCUT2D eigenvalue weighted by atomic mass is 16.6. The summed E-state index contributed by atoms with van der Waals surface area (Å²) in [6.07, 6.45) is 1.32. The first-order valence-corrected chi connectivity index (χ1v) is 5.62. The van der Waals surface area contributed by atoms with Crippen molar-refractivity contribution in [2.75, 3.05) is 31.6 Å². The van der Waals surface area contributed by atoms with E-state index in [2.05, 4.69) is 28.9 Å². The van der Waals surface area contributed by atoms with E-state index in [0.717, 1.165) is 19.6 Å². The summed E-state index contributed by atoms with van der Waals surface area (Å²) in [5.74, 6) is 0.607. The Kier molecular flexibility index (Phi) is 3.01. The summed E-state index contributed by atoms with van der Waals surface area (Å²) in [6, 6.07) is 0.253. The molecule has 1 aliphatic heterocycles. The number of likely N-dealkylation sites (N-methyl/N-ethyl adjacent to an activating group) is 1. The van der Waals surface area contributed by atoms with E-state index in [1.807, 2.05) is 0 Å². The molecule has 0 unspecified atom stereocenters. The third-order valence-corrected chi connectivity index (χ3v) is 3.19. The Morgan fingerprint density at radius 3 is 2.76 bits per heavy atom. The van der Waals surface area contributed by atoms with Crippen molar-refractivity contribution in [2.45, 2.75) is 13.0 Å². The summed E-state index contributed by atoms with van der Waals surface area (Å²) < 4.78 is 1.58. The van der Waals surface area contributed by atoms with Crippen LogP contribution in [-0.2, 0) is 7.05 Å². The lowest BCUT2D eigenvalue weighted by Gasteiger charge is -2.38. The van der Waals surface area contributed by atoms with E-state index in [0.29, 0.717) is 5.82 Å². The van der Waals surface area contributed by atoms with Gasteiger partial charge in [0.15, 0.2) is 0 Å². The number of anilines is 1. The Hall–Kier alpha value is -1.63. The molecule has 17 heavy (non-hydrogen) atoms. The summed E-state index contributed by atoms with van der Waals surface area (Å²) in [7, 11) is 3.80. The fraction of sp³-hybridized carbons (Fsp3) is 0.700. The van der Waals surface area contributed by atoms with Gasteiger partial charge in [0.1, 0.15) is 6.20 Å². The lowest BCUT2D eigenvalue weighted by Crippen LogP contribution is -2.51. The molecule has 7 heteroatoms. The quantitative estimate of drug-likeness (QED) is 0.554. The first kappa shape index (κ1) is 11.8. The number of nitrogens with zero attached hydrogens (tertiary/aromatic N) is 5. The van der Waals surface area contributed by atoms with Crippen molar-refractivity contribution < 1.29 is 4.92 Å². The molecule has 1 fully saturated rings. The van der Waals surface area contributed by atoms with Crippen LogP contribution >= 0.6 is 0 Å². The van der Waals surface area contributed by atoms with Crippen molar-refractivity contribution >= 4 is 11.5 Å². The number of piperazine rings is 1. The molecule has 0 aromatic carbocycles. The molecule has 7 nitrogen and oxygen atoms in total. The van der Waals surface area contributed by atoms with Crippen molar-refractivity contribution in [3.63, 3.8) is 0 Å². The van der Waals surface area contributed by atoms with Crippen LogP contribution in [-0.4, -0.2) is 52.3 Å². The van der Waals surface area contributed by atoms with Crippen molar-refractivity contribution in [3.05, 3.63) is 16.3 Å². The zero-order chi connectivity index (χ0) is 12.6. The van der Waals surface area contributed by atoms with Gasteiger partial charge in [-0.3, -0.25) is 10.1 Å². The molecule has 1 aromatic heterocycles. The van der Waals surface area contributed by atoms with Gasteiger partial charge < -0.3 is 9.80 Å². The lowest BCUT2D eigenvalue weighted by atomic mass is 10.2. The lowest BCUT2D eigenvalue weighted by molar-refractivity contribution is -0.384. The van der Waals surface area contributed by atoms with Crippen LogP contribution in [0, 0.1) is 10.1 Å². The Balaban J connectivity index is 2.33. The molecule has 1 saturated heterocycles. The number of hydrogen-bond donors (Lipinski definition) is 0. The molecule has 0 radical (unpaired) electrons. The van der Waals surface area contributed by atoms with Gasteiger partial charge in [-0.2, -0.15) is 5.10 Å². The van der Waals surface area contributed by atoms with E-state index in [1.54, 1.807) is 11.7 Å². The first-order chi connectivity index (χ1) is 8.00. The Morgan fingerprint density at radius 2 is 2.18 bits per heavy atom. The number of nitro groups is 1. The van der Waals surface area contributed by atoms with Crippen LogP contribution in [0.2, 0.25) is 0 Å². The standard InChI is InChI=1S/C10H17N5O2/c1-8-7-12(2)4-5-14(8)10-9(15(16)17)6-11-13(10)3/h6,8H,4-5,7H2,1-3H3/t8-/m0/s1. The highest BCUT2D eigenvalue weighted by Gasteiger charge is 2.30. The molecule has 1 atom stereocenters. The normalized spacial score (nSPS) is 21.8. The molecule has 1 aromatic rings. The minimum absolute atomic E-state index is 0.0869. The number of aromatic nitrogens is 2. The highest BCUT2D eigenvalue weighted by Crippen LogP contribution is 2.29.